The molecule has 0 spiro atoms. The normalized spacial score (nSPS) is 36.1. The van der Waals surface area contributed by atoms with E-state index in [1.807, 2.05) is 0 Å². The molecule has 0 aromatic carbocycles. The van der Waals surface area contributed by atoms with E-state index in [9.17, 15) is 4.79 Å². The second kappa shape index (κ2) is 5.01. The third kappa shape index (κ3) is 2.01. The third-order valence-electron chi connectivity index (χ3n) is 6.33. The molecule has 4 atom stereocenters. The molecule has 3 aliphatic carbocycles. The summed E-state index contributed by atoms with van der Waals surface area (Å²) in [6, 6.07) is 0. The van der Waals surface area contributed by atoms with Crippen molar-refractivity contribution in [2.24, 2.45) is 22.7 Å². The first kappa shape index (κ1) is 15.8. The van der Waals surface area contributed by atoms with E-state index in [0.29, 0.717) is 16.9 Å². The van der Waals surface area contributed by atoms with Crippen LogP contribution in [0.2, 0.25) is 13.1 Å². The molecule has 0 aromatic heterocycles. The lowest BCUT2D eigenvalue weighted by Gasteiger charge is -2.71. The highest BCUT2D eigenvalue weighted by molar-refractivity contribution is 6.57. The molecular formula is C17H30O2Si. The Kier molecular flexibility index (Phi) is 3.96. The minimum absolute atomic E-state index is 0.147. The van der Waals surface area contributed by atoms with Crippen LogP contribution in [0.25, 0.3) is 0 Å². The summed E-state index contributed by atoms with van der Waals surface area (Å²) in [7, 11) is -1.09. The van der Waals surface area contributed by atoms with Crippen LogP contribution in [0, 0.1) is 22.7 Å². The Balaban J connectivity index is 2.33. The molecule has 0 radical (unpaired) electrons. The predicted molar refractivity (Wildman–Crippen MR) is 86.3 cm³/mol. The van der Waals surface area contributed by atoms with Crippen LogP contribution in [0.3, 0.4) is 0 Å². The number of esters is 1. The number of fused-ring (bicyclic) bond motifs is 2. The minimum atomic E-state index is -1.09. The Bertz CT molecular complexity index is 427. The first-order valence-corrected chi connectivity index (χ1v) is 11.0. The SMILES string of the molecule is C=C(C)C(=O)OC([SiH](C)C)C12CC(CCC1C)C2(C)C. The van der Waals surface area contributed by atoms with Gasteiger partial charge in [0, 0.05) is 11.0 Å². The molecule has 0 aromatic rings. The fraction of sp³-hybridized carbons (Fsp3) is 0.824. The van der Waals surface area contributed by atoms with Crippen molar-refractivity contribution in [3.8, 4) is 0 Å². The van der Waals surface area contributed by atoms with Crippen LogP contribution in [-0.4, -0.2) is 20.5 Å². The van der Waals surface area contributed by atoms with Crippen LogP contribution in [0.4, 0.5) is 0 Å². The van der Waals surface area contributed by atoms with Crippen molar-refractivity contribution in [1.82, 2.24) is 0 Å². The summed E-state index contributed by atoms with van der Waals surface area (Å²) in [5, 5.41) is 0. The van der Waals surface area contributed by atoms with E-state index in [4.69, 9.17) is 4.74 Å². The average Bonchev–Trinajstić information content (AvgIpc) is 2.35. The summed E-state index contributed by atoms with van der Waals surface area (Å²) < 4.78 is 5.98. The number of rotatable bonds is 4. The van der Waals surface area contributed by atoms with E-state index in [2.05, 4.69) is 40.4 Å². The van der Waals surface area contributed by atoms with Gasteiger partial charge in [-0.15, -0.1) is 0 Å². The molecular weight excluding hydrogens is 264 g/mol. The van der Waals surface area contributed by atoms with Gasteiger partial charge in [0.1, 0.15) is 0 Å². The fourth-order valence-corrected chi connectivity index (χ4v) is 7.48. The van der Waals surface area contributed by atoms with Crippen LogP contribution < -0.4 is 0 Å². The summed E-state index contributed by atoms with van der Waals surface area (Å²) in [5.41, 5.74) is 1.19. The largest absolute Gasteiger partial charge is 0.463 e. The van der Waals surface area contributed by atoms with Gasteiger partial charge in [-0.05, 0) is 43.4 Å². The Morgan fingerprint density at radius 3 is 2.35 bits per heavy atom. The summed E-state index contributed by atoms with van der Waals surface area (Å²) >= 11 is 0. The van der Waals surface area contributed by atoms with E-state index in [-0.39, 0.29) is 17.1 Å². The Labute approximate surface area is 125 Å². The lowest BCUT2D eigenvalue weighted by molar-refractivity contribution is -0.235. The topological polar surface area (TPSA) is 26.3 Å². The van der Waals surface area contributed by atoms with Gasteiger partial charge < -0.3 is 4.74 Å². The lowest BCUT2D eigenvalue weighted by atomic mass is 9.37. The zero-order valence-corrected chi connectivity index (χ0v) is 15.1. The van der Waals surface area contributed by atoms with Crippen LogP contribution in [-0.2, 0) is 9.53 Å². The Morgan fingerprint density at radius 1 is 1.35 bits per heavy atom. The molecule has 0 N–H and O–H groups in total. The fourth-order valence-electron chi connectivity index (χ4n) is 5.00. The molecule has 114 valence electrons. The Hall–Kier alpha value is -0.573. The average molecular weight is 295 g/mol. The van der Waals surface area contributed by atoms with Gasteiger partial charge in [0.25, 0.3) is 0 Å². The summed E-state index contributed by atoms with van der Waals surface area (Å²) in [5.74, 6) is 1.28. The summed E-state index contributed by atoms with van der Waals surface area (Å²) in [4.78, 5) is 12.1. The monoisotopic (exact) mass is 294 g/mol. The van der Waals surface area contributed by atoms with Gasteiger partial charge in [-0.3, -0.25) is 0 Å². The number of carbonyl (C=O) groups is 1. The molecule has 0 aliphatic heterocycles. The molecule has 0 amide bonds. The predicted octanol–water partition coefficient (Wildman–Crippen LogP) is 3.96. The smallest absolute Gasteiger partial charge is 0.333 e. The quantitative estimate of drug-likeness (QED) is 0.445. The van der Waals surface area contributed by atoms with Crippen molar-refractivity contribution in [2.45, 2.75) is 65.8 Å². The zero-order valence-electron chi connectivity index (χ0n) is 14.0. The molecule has 2 nitrogen and oxygen atoms in total. The van der Waals surface area contributed by atoms with Crippen LogP contribution >= 0.6 is 0 Å². The van der Waals surface area contributed by atoms with Gasteiger partial charge in [0.15, 0.2) is 0 Å². The second-order valence-corrected chi connectivity index (χ2v) is 11.1. The first-order chi connectivity index (χ1) is 9.14. The molecule has 4 unspecified atom stereocenters. The highest BCUT2D eigenvalue weighted by Crippen LogP contribution is 2.71. The number of ether oxygens (including phenoxy) is 1. The van der Waals surface area contributed by atoms with Crippen molar-refractivity contribution in [1.29, 1.82) is 0 Å². The van der Waals surface area contributed by atoms with E-state index in [1.165, 1.54) is 19.3 Å². The van der Waals surface area contributed by atoms with E-state index >= 15 is 0 Å². The standard InChI is InChI=1S/C17H30O2Si/c1-11(2)14(18)19-15(20(6)7)17-10-13(16(17,4)5)9-8-12(17)3/h12-13,15,20H,1,8-10H2,2-7H3. The minimum Gasteiger partial charge on any atom is -0.463 e. The van der Waals surface area contributed by atoms with Crippen molar-refractivity contribution in [3.63, 3.8) is 0 Å². The maximum Gasteiger partial charge on any atom is 0.333 e. The Morgan fingerprint density at radius 2 is 1.95 bits per heavy atom. The van der Waals surface area contributed by atoms with E-state index in [1.54, 1.807) is 6.92 Å². The lowest BCUT2D eigenvalue weighted by Crippen LogP contribution is -2.69. The molecule has 3 aliphatic rings. The van der Waals surface area contributed by atoms with Gasteiger partial charge in [-0.1, -0.05) is 40.4 Å². The highest BCUT2D eigenvalue weighted by atomic mass is 28.3. The first-order valence-electron chi connectivity index (χ1n) is 8.01. The van der Waals surface area contributed by atoms with Crippen molar-refractivity contribution in [2.75, 3.05) is 0 Å². The van der Waals surface area contributed by atoms with Gasteiger partial charge in [-0.25, -0.2) is 4.79 Å². The van der Waals surface area contributed by atoms with Gasteiger partial charge in [0.2, 0.25) is 0 Å². The van der Waals surface area contributed by atoms with Gasteiger partial charge in [0.05, 0.1) is 14.5 Å². The third-order valence-corrected chi connectivity index (χ3v) is 8.27. The highest BCUT2D eigenvalue weighted by Gasteiger charge is 2.68. The molecule has 3 heteroatoms. The number of carbonyl (C=O) groups excluding carboxylic acids is 1. The van der Waals surface area contributed by atoms with E-state index < -0.39 is 8.80 Å². The van der Waals surface area contributed by atoms with E-state index in [0.717, 1.165) is 5.92 Å². The van der Waals surface area contributed by atoms with Crippen molar-refractivity contribution >= 4 is 14.8 Å². The summed E-state index contributed by atoms with van der Waals surface area (Å²) in [6.45, 7) is 17.3. The van der Waals surface area contributed by atoms with Gasteiger partial charge in [-0.2, -0.15) is 0 Å². The van der Waals surface area contributed by atoms with Gasteiger partial charge >= 0.3 is 5.97 Å². The summed E-state index contributed by atoms with van der Waals surface area (Å²) in [6.07, 6.45) is 3.88. The molecule has 20 heavy (non-hydrogen) atoms. The van der Waals surface area contributed by atoms with Crippen molar-refractivity contribution in [3.05, 3.63) is 12.2 Å². The molecule has 3 saturated carbocycles. The second-order valence-electron chi connectivity index (χ2n) is 7.99. The number of hydrogen-bond acceptors (Lipinski definition) is 2. The maximum atomic E-state index is 12.1. The molecule has 0 heterocycles. The van der Waals surface area contributed by atoms with Crippen molar-refractivity contribution < 1.29 is 9.53 Å². The molecule has 3 rings (SSSR count). The number of hydrogen-bond donors (Lipinski definition) is 0. The maximum absolute atomic E-state index is 12.1. The molecule has 2 bridgehead atoms. The zero-order chi connectivity index (χ0) is 15.3. The van der Waals surface area contributed by atoms with Crippen LogP contribution in [0.15, 0.2) is 12.2 Å². The molecule has 0 saturated heterocycles. The van der Waals surface area contributed by atoms with Crippen LogP contribution in [0.5, 0.6) is 0 Å². The van der Waals surface area contributed by atoms with Crippen LogP contribution in [0.1, 0.15) is 47.0 Å². The molecule has 3 fully saturated rings.